The number of carbonyl (C=O) groups is 2. The SMILES string of the molecule is CCCCN(CC)c1ccc(C(=O)Nc2ccc(NC(C)=O)cc2)cc1. The summed E-state index contributed by atoms with van der Waals surface area (Å²) in [6, 6.07) is 14.7. The van der Waals surface area contributed by atoms with Gasteiger partial charge in [0.1, 0.15) is 0 Å². The third kappa shape index (κ3) is 5.62. The van der Waals surface area contributed by atoms with E-state index in [9.17, 15) is 9.59 Å². The van der Waals surface area contributed by atoms with Crippen molar-refractivity contribution in [1.29, 1.82) is 0 Å². The van der Waals surface area contributed by atoms with Crippen molar-refractivity contribution in [3.8, 4) is 0 Å². The number of unbranched alkanes of at least 4 members (excludes halogenated alkanes) is 1. The summed E-state index contributed by atoms with van der Waals surface area (Å²) in [6.07, 6.45) is 2.32. The number of nitrogens with one attached hydrogen (secondary N) is 2. The maximum absolute atomic E-state index is 12.4. The van der Waals surface area contributed by atoms with Crippen LogP contribution in [0.2, 0.25) is 0 Å². The van der Waals surface area contributed by atoms with Gasteiger partial charge in [0.25, 0.3) is 5.91 Å². The first-order valence-corrected chi connectivity index (χ1v) is 9.07. The fraction of sp³-hybridized carbons (Fsp3) is 0.333. The normalized spacial score (nSPS) is 10.3. The molecule has 138 valence electrons. The van der Waals surface area contributed by atoms with Crippen LogP contribution in [0.3, 0.4) is 0 Å². The lowest BCUT2D eigenvalue weighted by Crippen LogP contribution is -2.23. The van der Waals surface area contributed by atoms with Crippen molar-refractivity contribution in [2.24, 2.45) is 0 Å². The van der Waals surface area contributed by atoms with Crippen molar-refractivity contribution >= 4 is 28.9 Å². The second-order valence-corrected chi connectivity index (χ2v) is 6.19. The van der Waals surface area contributed by atoms with Crippen molar-refractivity contribution in [3.63, 3.8) is 0 Å². The number of rotatable bonds is 8. The Balaban J connectivity index is 2.00. The minimum Gasteiger partial charge on any atom is -0.372 e. The Hall–Kier alpha value is -2.82. The lowest BCUT2D eigenvalue weighted by atomic mass is 10.1. The molecule has 0 atom stereocenters. The molecule has 0 fully saturated rings. The number of hydrogen-bond acceptors (Lipinski definition) is 3. The number of nitrogens with zero attached hydrogens (tertiary/aromatic N) is 1. The van der Waals surface area contributed by atoms with E-state index in [0.717, 1.165) is 31.6 Å². The number of benzene rings is 2. The van der Waals surface area contributed by atoms with Gasteiger partial charge in [-0.05, 0) is 61.9 Å². The highest BCUT2D eigenvalue weighted by molar-refractivity contribution is 6.04. The Kier molecular flexibility index (Phi) is 7.21. The van der Waals surface area contributed by atoms with Gasteiger partial charge in [0, 0.05) is 42.6 Å². The van der Waals surface area contributed by atoms with Crippen molar-refractivity contribution < 1.29 is 9.59 Å². The van der Waals surface area contributed by atoms with Crippen molar-refractivity contribution in [2.75, 3.05) is 28.6 Å². The second kappa shape index (κ2) is 9.61. The highest BCUT2D eigenvalue weighted by Crippen LogP contribution is 2.18. The molecule has 2 rings (SSSR count). The Morgan fingerprint density at radius 2 is 1.46 bits per heavy atom. The van der Waals surface area contributed by atoms with Gasteiger partial charge in [-0.1, -0.05) is 13.3 Å². The lowest BCUT2D eigenvalue weighted by Gasteiger charge is -2.23. The maximum atomic E-state index is 12.4. The average Bonchev–Trinajstić information content (AvgIpc) is 2.64. The first kappa shape index (κ1) is 19.5. The molecule has 0 bridgehead atoms. The van der Waals surface area contributed by atoms with Gasteiger partial charge in [-0.15, -0.1) is 0 Å². The molecule has 0 aliphatic carbocycles. The summed E-state index contributed by atoms with van der Waals surface area (Å²) < 4.78 is 0. The Bertz CT molecular complexity index is 724. The highest BCUT2D eigenvalue weighted by atomic mass is 16.2. The molecule has 2 aromatic carbocycles. The van der Waals surface area contributed by atoms with Crippen LogP contribution in [0.4, 0.5) is 17.1 Å². The number of hydrogen-bond donors (Lipinski definition) is 2. The van der Waals surface area contributed by atoms with Gasteiger partial charge < -0.3 is 15.5 Å². The minimum absolute atomic E-state index is 0.123. The molecule has 0 saturated carbocycles. The Labute approximate surface area is 155 Å². The molecule has 0 aliphatic rings. The summed E-state index contributed by atoms with van der Waals surface area (Å²) in [5.74, 6) is -0.276. The zero-order valence-electron chi connectivity index (χ0n) is 15.7. The van der Waals surface area contributed by atoms with Crippen molar-refractivity contribution in [3.05, 3.63) is 54.1 Å². The summed E-state index contributed by atoms with van der Waals surface area (Å²) >= 11 is 0. The molecule has 0 spiro atoms. The molecule has 2 N–H and O–H groups in total. The minimum atomic E-state index is -0.152. The summed E-state index contributed by atoms with van der Waals surface area (Å²) in [5.41, 5.74) is 3.14. The summed E-state index contributed by atoms with van der Waals surface area (Å²) in [6.45, 7) is 7.76. The van der Waals surface area contributed by atoms with E-state index in [-0.39, 0.29) is 11.8 Å². The van der Waals surface area contributed by atoms with Crippen LogP contribution in [-0.2, 0) is 4.79 Å². The van der Waals surface area contributed by atoms with Gasteiger partial charge in [0.2, 0.25) is 5.91 Å². The van der Waals surface area contributed by atoms with Crippen molar-refractivity contribution in [1.82, 2.24) is 0 Å². The van der Waals surface area contributed by atoms with E-state index >= 15 is 0 Å². The molecule has 0 radical (unpaired) electrons. The molecule has 0 unspecified atom stereocenters. The van der Waals surface area contributed by atoms with E-state index in [2.05, 4.69) is 29.4 Å². The smallest absolute Gasteiger partial charge is 0.255 e. The van der Waals surface area contributed by atoms with E-state index in [4.69, 9.17) is 0 Å². The molecule has 5 heteroatoms. The number of anilines is 3. The second-order valence-electron chi connectivity index (χ2n) is 6.19. The van der Waals surface area contributed by atoms with Gasteiger partial charge in [0.15, 0.2) is 0 Å². The van der Waals surface area contributed by atoms with Gasteiger partial charge >= 0.3 is 0 Å². The van der Waals surface area contributed by atoms with E-state index in [1.807, 2.05) is 24.3 Å². The summed E-state index contributed by atoms with van der Waals surface area (Å²) in [4.78, 5) is 25.7. The zero-order chi connectivity index (χ0) is 18.9. The third-order valence-electron chi connectivity index (χ3n) is 4.12. The monoisotopic (exact) mass is 353 g/mol. The zero-order valence-corrected chi connectivity index (χ0v) is 15.7. The molecular weight excluding hydrogens is 326 g/mol. The number of amides is 2. The molecule has 0 saturated heterocycles. The summed E-state index contributed by atoms with van der Waals surface area (Å²) in [7, 11) is 0. The molecule has 2 amide bonds. The van der Waals surface area contributed by atoms with E-state index < -0.39 is 0 Å². The molecule has 2 aromatic rings. The topological polar surface area (TPSA) is 61.4 Å². The fourth-order valence-electron chi connectivity index (χ4n) is 2.69. The first-order chi connectivity index (χ1) is 12.5. The average molecular weight is 353 g/mol. The standard InChI is InChI=1S/C21H27N3O2/c1-4-6-15-24(5-2)20-13-7-17(8-14-20)21(26)23-19-11-9-18(10-12-19)22-16(3)25/h7-14H,4-6,15H2,1-3H3,(H,22,25)(H,23,26). The highest BCUT2D eigenvalue weighted by Gasteiger charge is 2.08. The maximum Gasteiger partial charge on any atom is 0.255 e. The van der Waals surface area contributed by atoms with Crippen LogP contribution in [0.25, 0.3) is 0 Å². The molecule has 0 aromatic heterocycles. The van der Waals surface area contributed by atoms with Crippen LogP contribution in [-0.4, -0.2) is 24.9 Å². The van der Waals surface area contributed by atoms with Crippen LogP contribution >= 0.6 is 0 Å². The molecule has 5 nitrogen and oxygen atoms in total. The van der Waals surface area contributed by atoms with Crippen LogP contribution in [0.15, 0.2) is 48.5 Å². The summed E-state index contributed by atoms with van der Waals surface area (Å²) in [5, 5.41) is 5.57. The largest absolute Gasteiger partial charge is 0.372 e. The quantitative estimate of drug-likeness (QED) is 0.733. The van der Waals surface area contributed by atoms with E-state index in [1.54, 1.807) is 24.3 Å². The molecule has 0 aliphatic heterocycles. The first-order valence-electron chi connectivity index (χ1n) is 9.07. The van der Waals surface area contributed by atoms with Crippen LogP contribution < -0.4 is 15.5 Å². The van der Waals surface area contributed by atoms with Gasteiger partial charge in [0.05, 0.1) is 0 Å². The predicted octanol–water partition coefficient (Wildman–Crippen LogP) is 4.52. The van der Waals surface area contributed by atoms with Gasteiger partial charge in [-0.25, -0.2) is 0 Å². The van der Waals surface area contributed by atoms with Gasteiger partial charge in [-0.2, -0.15) is 0 Å². The Morgan fingerprint density at radius 1 is 0.885 bits per heavy atom. The molecule has 26 heavy (non-hydrogen) atoms. The van der Waals surface area contributed by atoms with E-state index in [0.29, 0.717) is 16.9 Å². The lowest BCUT2D eigenvalue weighted by molar-refractivity contribution is -0.114. The Morgan fingerprint density at radius 3 is 1.96 bits per heavy atom. The fourth-order valence-corrected chi connectivity index (χ4v) is 2.69. The predicted molar refractivity (Wildman–Crippen MR) is 108 cm³/mol. The van der Waals surface area contributed by atoms with Crippen LogP contribution in [0, 0.1) is 0 Å². The molecular formula is C21H27N3O2. The van der Waals surface area contributed by atoms with Crippen LogP contribution in [0.1, 0.15) is 44.0 Å². The number of carbonyl (C=O) groups excluding carboxylic acids is 2. The van der Waals surface area contributed by atoms with E-state index in [1.165, 1.54) is 6.92 Å². The van der Waals surface area contributed by atoms with Crippen molar-refractivity contribution in [2.45, 2.75) is 33.6 Å². The van der Waals surface area contributed by atoms with Gasteiger partial charge in [-0.3, -0.25) is 9.59 Å². The molecule has 0 heterocycles. The third-order valence-corrected chi connectivity index (χ3v) is 4.12. The van der Waals surface area contributed by atoms with Crippen LogP contribution in [0.5, 0.6) is 0 Å².